The van der Waals surface area contributed by atoms with Crippen LogP contribution in [0.15, 0.2) is 18.2 Å². The minimum atomic E-state index is -0.0433. The maximum Gasteiger partial charge on any atom is 0.241 e. The van der Waals surface area contributed by atoms with Gasteiger partial charge in [0, 0.05) is 50.4 Å². The van der Waals surface area contributed by atoms with Gasteiger partial charge in [-0.1, -0.05) is 11.6 Å². The smallest absolute Gasteiger partial charge is 0.241 e. The number of halogens is 1. The maximum atomic E-state index is 12.9. The van der Waals surface area contributed by atoms with E-state index < -0.39 is 0 Å². The Labute approximate surface area is 159 Å². The average molecular weight is 377 g/mol. The van der Waals surface area contributed by atoms with Crippen molar-refractivity contribution >= 4 is 29.1 Å². The fourth-order valence-electron chi connectivity index (χ4n) is 3.08. The van der Waals surface area contributed by atoms with Gasteiger partial charge < -0.3 is 9.80 Å². The Morgan fingerprint density at radius 2 is 2.04 bits per heavy atom. The Morgan fingerprint density at radius 3 is 2.69 bits per heavy atom. The SMILES string of the molecule is CC(=O)N1CCCN(CC(=O)N(CCC#N)c2ccc(Cl)c(C)c2)CC1. The van der Waals surface area contributed by atoms with Crippen LogP contribution in [0.25, 0.3) is 0 Å². The molecule has 0 unspecified atom stereocenters. The topological polar surface area (TPSA) is 67.7 Å². The summed E-state index contributed by atoms with van der Waals surface area (Å²) in [5.41, 5.74) is 1.65. The van der Waals surface area contributed by atoms with Gasteiger partial charge in [-0.2, -0.15) is 5.26 Å². The molecule has 0 aliphatic carbocycles. The molecule has 0 bridgehead atoms. The van der Waals surface area contributed by atoms with Gasteiger partial charge in [0.2, 0.25) is 11.8 Å². The van der Waals surface area contributed by atoms with E-state index in [1.54, 1.807) is 17.9 Å². The number of benzene rings is 1. The average Bonchev–Trinajstić information content (AvgIpc) is 2.84. The fourth-order valence-corrected chi connectivity index (χ4v) is 3.19. The second-order valence-electron chi connectivity index (χ2n) is 6.52. The van der Waals surface area contributed by atoms with Crippen LogP contribution in [0.4, 0.5) is 5.69 Å². The summed E-state index contributed by atoms with van der Waals surface area (Å²) < 4.78 is 0. The van der Waals surface area contributed by atoms with E-state index in [1.807, 2.05) is 24.0 Å². The van der Waals surface area contributed by atoms with E-state index >= 15 is 0 Å². The van der Waals surface area contributed by atoms with E-state index in [2.05, 4.69) is 11.0 Å². The van der Waals surface area contributed by atoms with Crippen LogP contribution in [-0.4, -0.2) is 60.9 Å². The summed E-state index contributed by atoms with van der Waals surface area (Å²) in [6.07, 6.45) is 1.12. The standard InChI is InChI=1S/C19H25ClN4O2/c1-15-13-17(5-6-18(15)20)24(10-3-7-21)19(26)14-22-8-4-9-23(12-11-22)16(2)25/h5-6,13H,3-4,8-12,14H2,1-2H3. The highest BCUT2D eigenvalue weighted by molar-refractivity contribution is 6.31. The molecular weight excluding hydrogens is 352 g/mol. The van der Waals surface area contributed by atoms with Crippen LogP contribution in [0.2, 0.25) is 5.02 Å². The van der Waals surface area contributed by atoms with Gasteiger partial charge in [-0.05, 0) is 37.1 Å². The van der Waals surface area contributed by atoms with E-state index in [0.717, 1.165) is 30.8 Å². The molecule has 2 amide bonds. The van der Waals surface area contributed by atoms with Gasteiger partial charge in [0.25, 0.3) is 0 Å². The van der Waals surface area contributed by atoms with Gasteiger partial charge in [-0.3, -0.25) is 14.5 Å². The lowest BCUT2D eigenvalue weighted by Gasteiger charge is -2.27. The molecule has 1 saturated heterocycles. The zero-order valence-corrected chi connectivity index (χ0v) is 16.1. The Morgan fingerprint density at radius 1 is 1.27 bits per heavy atom. The van der Waals surface area contributed by atoms with Crippen LogP contribution < -0.4 is 4.90 Å². The first kappa shape index (κ1) is 20.2. The number of carbonyl (C=O) groups is 2. The second-order valence-corrected chi connectivity index (χ2v) is 6.93. The van der Waals surface area contributed by atoms with Gasteiger partial charge in [-0.15, -0.1) is 0 Å². The molecular formula is C19H25ClN4O2. The first-order chi connectivity index (χ1) is 12.4. The molecule has 140 valence electrons. The molecule has 1 aliphatic rings. The summed E-state index contributed by atoms with van der Waals surface area (Å²) in [6.45, 7) is 6.92. The molecule has 7 heteroatoms. The summed E-state index contributed by atoms with van der Waals surface area (Å²) in [5, 5.41) is 9.58. The number of aryl methyl sites for hydroxylation is 1. The monoisotopic (exact) mass is 376 g/mol. The molecule has 0 saturated carbocycles. The van der Waals surface area contributed by atoms with Crippen LogP contribution in [0.1, 0.15) is 25.3 Å². The highest BCUT2D eigenvalue weighted by Gasteiger charge is 2.22. The van der Waals surface area contributed by atoms with Crippen LogP contribution in [-0.2, 0) is 9.59 Å². The molecule has 6 nitrogen and oxygen atoms in total. The number of amides is 2. The summed E-state index contributed by atoms with van der Waals surface area (Å²) in [4.78, 5) is 30.0. The molecule has 1 aromatic carbocycles. The first-order valence-electron chi connectivity index (χ1n) is 8.83. The molecule has 0 aromatic heterocycles. The van der Waals surface area contributed by atoms with Gasteiger partial charge in [0.1, 0.15) is 0 Å². The molecule has 0 radical (unpaired) electrons. The normalized spacial score (nSPS) is 15.2. The van der Waals surface area contributed by atoms with E-state index in [4.69, 9.17) is 16.9 Å². The number of hydrogen-bond acceptors (Lipinski definition) is 4. The Bertz CT molecular complexity index is 701. The van der Waals surface area contributed by atoms with Crippen LogP contribution in [0.3, 0.4) is 0 Å². The zero-order valence-electron chi connectivity index (χ0n) is 15.4. The van der Waals surface area contributed by atoms with Crippen molar-refractivity contribution in [1.82, 2.24) is 9.80 Å². The summed E-state index contributed by atoms with van der Waals surface area (Å²) in [6, 6.07) is 7.56. The summed E-state index contributed by atoms with van der Waals surface area (Å²) in [7, 11) is 0. The predicted octanol–water partition coefficient (Wildman–Crippen LogP) is 2.45. The summed E-state index contributed by atoms with van der Waals surface area (Å²) in [5.74, 6) is 0.0312. The van der Waals surface area contributed by atoms with Gasteiger partial charge in [0.15, 0.2) is 0 Å². The van der Waals surface area contributed by atoms with E-state index in [-0.39, 0.29) is 24.8 Å². The highest BCUT2D eigenvalue weighted by atomic mass is 35.5. The highest BCUT2D eigenvalue weighted by Crippen LogP contribution is 2.23. The number of nitrogens with zero attached hydrogens (tertiary/aromatic N) is 4. The largest absolute Gasteiger partial charge is 0.342 e. The van der Waals surface area contributed by atoms with Crippen molar-refractivity contribution in [1.29, 1.82) is 5.26 Å². The molecule has 26 heavy (non-hydrogen) atoms. The molecule has 1 heterocycles. The van der Waals surface area contributed by atoms with E-state index in [9.17, 15) is 9.59 Å². The minimum Gasteiger partial charge on any atom is -0.342 e. The van der Waals surface area contributed by atoms with Crippen LogP contribution >= 0.6 is 11.6 Å². The quantitative estimate of drug-likeness (QED) is 0.791. The molecule has 1 fully saturated rings. The number of rotatable bonds is 5. The second kappa shape index (κ2) is 9.56. The van der Waals surface area contributed by atoms with Gasteiger partial charge in [0.05, 0.1) is 19.0 Å². The summed E-state index contributed by atoms with van der Waals surface area (Å²) >= 11 is 6.09. The number of hydrogen-bond donors (Lipinski definition) is 0. The van der Waals surface area contributed by atoms with E-state index in [1.165, 1.54) is 0 Å². The molecule has 0 N–H and O–H groups in total. The molecule has 1 aromatic rings. The Balaban J connectivity index is 2.07. The zero-order chi connectivity index (χ0) is 19.1. The van der Waals surface area contributed by atoms with Crippen molar-refractivity contribution in [3.63, 3.8) is 0 Å². The van der Waals surface area contributed by atoms with Crippen molar-refractivity contribution in [2.45, 2.75) is 26.7 Å². The Kier molecular flexibility index (Phi) is 7.43. The number of carbonyl (C=O) groups excluding carboxylic acids is 2. The van der Waals surface area contributed by atoms with Gasteiger partial charge in [-0.25, -0.2) is 0 Å². The Hall–Kier alpha value is -2.10. The van der Waals surface area contributed by atoms with Crippen molar-refractivity contribution in [2.24, 2.45) is 0 Å². The van der Waals surface area contributed by atoms with Crippen molar-refractivity contribution < 1.29 is 9.59 Å². The number of anilines is 1. The lowest BCUT2D eigenvalue weighted by atomic mass is 10.2. The molecule has 0 spiro atoms. The van der Waals surface area contributed by atoms with Crippen molar-refractivity contribution in [3.05, 3.63) is 28.8 Å². The van der Waals surface area contributed by atoms with Crippen molar-refractivity contribution in [2.75, 3.05) is 44.2 Å². The van der Waals surface area contributed by atoms with E-state index in [0.29, 0.717) is 24.7 Å². The van der Waals surface area contributed by atoms with Gasteiger partial charge >= 0.3 is 0 Å². The third kappa shape index (κ3) is 5.45. The fraction of sp³-hybridized carbons (Fsp3) is 0.526. The molecule has 1 aliphatic heterocycles. The third-order valence-electron chi connectivity index (χ3n) is 4.59. The minimum absolute atomic E-state index is 0.0433. The molecule has 2 rings (SSSR count). The molecule has 0 atom stereocenters. The lowest BCUT2D eigenvalue weighted by Crippen LogP contribution is -2.42. The number of nitriles is 1. The predicted molar refractivity (Wildman–Crippen MR) is 102 cm³/mol. The van der Waals surface area contributed by atoms with Crippen LogP contribution in [0.5, 0.6) is 0 Å². The lowest BCUT2D eigenvalue weighted by molar-refractivity contribution is -0.128. The first-order valence-corrected chi connectivity index (χ1v) is 9.21. The van der Waals surface area contributed by atoms with Crippen molar-refractivity contribution in [3.8, 4) is 6.07 Å². The van der Waals surface area contributed by atoms with Crippen LogP contribution in [0, 0.1) is 18.3 Å². The maximum absolute atomic E-state index is 12.9. The third-order valence-corrected chi connectivity index (χ3v) is 5.02.